The van der Waals surface area contributed by atoms with Gasteiger partial charge in [-0.3, -0.25) is 14.9 Å². The number of amides is 1. The molecule has 0 saturated carbocycles. The van der Waals surface area contributed by atoms with Gasteiger partial charge in [0.05, 0.1) is 15.6 Å². The van der Waals surface area contributed by atoms with Crippen molar-refractivity contribution in [2.45, 2.75) is 0 Å². The smallest absolute Gasteiger partial charge is 0.271 e. The van der Waals surface area contributed by atoms with Gasteiger partial charge in [0.2, 0.25) is 0 Å². The van der Waals surface area contributed by atoms with Gasteiger partial charge < -0.3 is 5.11 Å². The molecule has 0 heterocycles. The maximum Gasteiger partial charge on any atom is 0.271 e. The van der Waals surface area contributed by atoms with Crippen molar-refractivity contribution in [1.82, 2.24) is 5.43 Å². The molecule has 112 valence electrons. The van der Waals surface area contributed by atoms with Gasteiger partial charge in [-0.25, -0.2) is 5.43 Å². The molecule has 0 unspecified atom stereocenters. The quantitative estimate of drug-likeness (QED) is 0.494. The third-order valence-corrected chi connectivity index (χ3v) is 3.33. The number of nitrogens with one attached hydrogen (secondary N) is 1. The number of hydrogen-bond donors (Lipinski definition) is 2. The van der Waals surface area contributed by atoms with Crippen molar-refractivity contribution in [1.29, 1.82) is 0 Å². The topological polar surface area (TPSA) is 105 Å². The third-order valence-electron chi connectivity index (χ3n) is 2.69. The van der Waals surface area contributed by atoms with E-state index in [4.69, 9.17) is 0 Å². The summed E-state index contributed by atoms with van der Waals surface area (Å²) in [5.41, 5.74) is 3.16. The second kappa shape index (κ2) is 6.81. The van der Waals surface area contributed by atoms with Gasteiger partial charge in [0.15, 0.2) is 0 Å². The Morgan fingerprint density at radius 2 is 1.95 bits per heavy atom. The van der Waals surface area contributed by atoms with Crippen LogP contribution in [0.25, 0.3) is 0 Å². The molecule has 0 radical (unpaired) electrons. The van der Waals surface area contributed by atoms with Crippen LogP contribution in [0.1, 0.15) is 15.9 Å². The lowest BCUT2D eigenvalue weighted by Gasteiger charge is -2.00. The summed E-state index contributed by atoms with van der Waals surface area (Å²) in [6.45, 7) is 0. The number of nitro benzene ring substituents is 1. The van der Waals surface area contributed by atoms with Crippen LogP contribution in [0.3, 0.4) is 0 Å². The number of carbonyl (C=O) groups is 1. The van der Waals surface area contributed by atoms with Crippen molar-refractivity contribution < 1.29 is 14.8 Å². The van der Waals surface area contributed by atoms with Gasteiger partial charge in [-0.05, 0) is 51.8 Å². The van der Waals surface area contributed by atoms with Crippen LogP contribution in [0.2, 0.25) is 0 Å². The second-order valence-electron chi connectivity index (χ2n) is 4.21. The Balaban J connectivity index is 2.01. The number of non-ortho nitro benzene ring substituents is 1. The number of nitrogens with zero attached hydrogens (tertiary/aromatic N) is 2. The molecular formula is C14H10BrN3O4. The summed E-state index contributed by atoms with van der Waals surface area (Å²) < 4.78 is 0.512. The highest BCUT2D eigenvalue weighted by atomic mass is 79.9. The van der Waals surface area contributed by atoms with Crippen LogP contribution in [0, 0.1) is 10.1 Å². The van der Waals surface area contributed by atoms with Crippen molar-refractivity contribution in [2.75, 3.05) is 0 Å². The molecule has 0 atom stereocenters. The van der Waals surface area contributed by atoms with Gasteiger partial charge in [-0.1, -0.05) is 0 Å². The number of phenolic OH excluding ortho intramolecular Hbond substituents is 1. The summed E-state index contributed by atoms with van der Waals surface area (Å²) >= 11 is 3.17. The highest BCUT2D eigenvalue weighted by Crippen LogP contribution is 2.23. The van der Waals surface area contributed by atoms with Gasteiger partial charge in [0.1, 0.15) is 5.75 Å². The Morgan fingerprint density at radius 1 is 1.27 bits per heavy atom. The highest BCUT2D eigenvalue weighted by molar-refractivity contribution is 9.10. The first-order chi connectivity index (χ1) is 10.5. The minimum absolute atomic E-state index is 0.0889. The second-order valence-corrected chi connectivity index (χ2v) is 5.07. The van der Waals surface area contributed by atoms with Gasteiger partial charge >= 0.3 is 0 Å². The van der Waals surface area contributed by atoms with Crippen molar-refractivity contribution in [2.24, 2.45) is 5.10 Å². The van der Waals surface area contributed by atoms with E-state index in [0.29, 0.717) is 10.0 Å². The van der Waals surface area contributed by atoms with Gasteiger partial charge in [-0.15, -0.1) is 0 Å². The predicted molar refractivity (Wildman–Crippen MR) is 84.0 cm³/mol. The zero-order chi connectivity index (χ0) is 16.1. The van der Waals surface area contributed by atoms with Crippen LogP contribution < -0.4 is 5.43 Å². The molecule has 2 N–H and O–H groups in total. The first-order valence-corrected chi connectivity index (χ1v) is 6.83. The molecule has 0 aliphatic heterocycles. The summed E-state index contributed by atoms with van der Waals surface area (Å²) in [7, 11) is 0. The van der Waals surface area contributed by atoms with E-state index in [-0.39, 0.29) is 17.0 Å². The van der Waals surface area contributed by atoms with Crippen molar-refractivity contribution in [3.63, 3.8) is 0 Å². The zero-order valence-electron chi connectivity index (χ0n) is 11.1. The molecule has 0 aliphatic rings. The normalized spacial score (nSPS) is 10.6. The molecule has 0 bridgehead atoms. The fourth-order valence-electron chi connectivity index (χ4n) is 1.57. The average Bonchev–Trinajstić information content (AvgIpc) is 2.51. The third kappa shape index (κ3) is 3.89. The van der Waals surface area contributed by atoms with E-state index >= 15 is 0 Å². The number of aromatic hydroxyl groups is 1. The van der Waals surface area contributed by atoms with Crippen molar-refractivity contribution in [3.05, 3.63) is 68.2 Å². The van der Waals surface area contributed by atoms with Gasteiger partial charge in [0, 0.05) is 17.7 Å². The molecule has 8 heteroatoms. The molecular weight excluding hydrogens is 354 g/mol. The van der Waals surface area contributed by atoms with E-state index in [2.05, 4.69) is 26.5 Å². The predicted octanol–water partition coefficient (Wildman–Crippen LogP) is 2.83. The van der Waals surface area contributed by atoms with E-state index in [1.807, 2.05) is 0 Å². The lowest BCUT2D eigenvalue weighted by molar-refractivity contribution is -0.384. The number of hydrazone groups is 1. The van der Waals surface area contributed by atoms with E-state index in [1.54, 1.807) is 12.1 Å². The number of rotatable bonds is 4. The van der Waals surface area contributed by atoms with Crippen LogP contribution in [0.15, 0.2) is 52.0 Å². The summed E-state index contributed by atoms with van der Waals surface area (Å²) in [6, 6.07) is 9.94. The van der Waals surface area contributed by atoms with E-state index < -0.39 is 10.8 Å². The molecule has 22 heavy (non-hydrogen) atoms. The minimum atomic E-state index is -0.539. The van der Waals surface area contributed by atoms with E-state index in [0.717, 1.165) is 0 Å². The molecule has 2 rings (SSSR count). The highest BCUT2D eigenvalue weighted by Gasteiger charge is 2.08. The molecule has 2 aromatic carbocycles. The summed E-state index contributed by atoms with van der Waals surface area (Å²) in [5.74, 6) is -0.379. The Morgan fingerprint density at radius 3 is 2.55 bits per heavy atom. The number of nitro groups is 1. The Hall–Kier alpha value is -2.74. The fraction of sp³-hybridized carbons (Fsp3) is 0. The SMILES string of the molecule is O=C(NN=Cc1ccc(O)c(Br)c1)c1ccc([N+](=O)[O-])cc1. The fourth-order valence-corrected chi connectivity index (χ4v) is 1.96. The number of carbonyl (C=O) groups excluding carboxylic acids is 1. The summed E-state index contributed by atoms with van der Waals surface area (Å²) in [5, 5.41) is 23.7. The molecule has 0 spiro atoms. The standard InChI is InChI=1S/C14H10BrN3O4/c15-12-7-9(1-6-13(12)19)8-16-17-14(20)10-2-4-11(5-3-10)18(21)22/h1-8,19H,(H,17,20). The minimum Gasteiger partial charge on any atom is -0.507 e. The Bertz CT molecular complexity index is 744. The van der Waals surface area contributed by atoms with E-state index in [1.165, 1.54) is 36.5 Å². The number of benzene rings is 2. The summed E-state index contributed by atoms with van der Waals surface area (Å²) in [4.78, 5) is 21.8. The molecule has 2 aromatic rings. The lowest BCUT2D eigenvalue weighted by atomic mass is 10.2. The van der Waals surface area contributed by atoms with Crippen molar-refractivity contribution >= 4 is 33.7 Å². The molecule has 0 saturated heterocycles. The van der Waals surface area contributed by atoms with Crippen LogP contribution in [0.4, 0.5) is 5.69 Å². The maximum atomic E-state index is 11.8. The first kappa shape index (κ1) is 15.6. The Labute approximate surface area is 133 Å². The number of halogens is 1. The van der Waals surface area contributed by atoms with E-state index in [9.17, 15) is 20.0 Å². The monoisotopic (exact) mass is 363 g/mol. The number of phenols is 1. The molecule has 1 amide bonds. The number of hydrogen-bond acceptors (Lipinski definition) is 5. The molecule has 0 aliphatic carbocycles. The summed E-state index contributed by atoms with van der Waals surface area (Å²) in [6.07, 6.45) is 1.41. The molecule has 0 aromatic heterocycles. The maximum absolute atomic E-state index is 11.8. The average molecular weight is 364 g/mol. The van der Waals surface area contributed by atoms with Gasteiger partial charge in [0.25, 0.3) is 11.6 Å². The lowest BCUT2D eigenvalue weighted by Crippen LogP contribution is -2.17. The first-order valence-electron chi connectivity index (χ1n) is 6.04. The van der Waals surface area contributed by atoms with Gasteiger partial charge in [-0.2, -0.15) is 5.10 Å². The molecule has 7 nitrogen and oxygen atoms in total. The Kier molecular flexibility index (Phi) is 4.84. The van der Waals surface area contributed by atoms with Crippen LogP contribution >= 0.6 is 15.9 Å². The zero-order valence-corrected chi connectivity index (χ0v) is 12.6. The van der Waals surface area contributed by atoms with Crippen LogP contribution in [-0.2, 0) is 0 Å². The van der Waals surface area contributed by atoms with Crippen LogP contribution in [0.5, 0.6) is 5.75 Å². The largest absolute Gasteiger partial charge is 0.507 e. The molecule has 0 fully saturated rings. The van der Waals surface area contributed by atoms with Crippen LogP contribution in [-0.4, -0.2) is 22.2 Å². The van der Waals surface area contributed by atoms with Crippen molar-refractivity contribution in [3.8, 4) is 5.75 Å².